The quantitative estimate of drug-likeness (QED) is 0.892. The molecule has 1 unspecified atom stereocenters. The van der Waals surface area contributed by atoms with Crippen LogP contribution < -0.4 is 4.74 Å². The summed E-state index contributed by atoms with van der Waals surface area (Å²) in [6.07, 6.45) is 2.15. The van der Waals surface area contributed by atoms with Gasteiger partial charge in [-0.25, -0.2) is 4.39 Å². The molecule has 1 fully saturated rings. The Morgan fingerprint density at radius 3 is 2.76 bits per heavy atom. The Labute approximate surface area is 128 Å². The van der Waals surface area contributed by atoms with Crippen molar-refractivity contribution < 1.29 is 14.2 Å². The van der Waals surface area contributed by atoms with Crippen LogP contribution in [0.2, 0.25) is 5.02 Å². The number of ether oxygens (including phenoxy) is 1. The monoisotopic (exact) mass is 306 g/mol. The summed E-state index contributed by atoms with van der Waals surface area (Å²) in [4.78, 5) is 0. The number of benzene rings is 2. The van der Waals surface area contributed by atoms with Crippen LogP contribution in [-0.4, -0.2) is 11.2 Å². The third-order valence-corrected chi connectivity index (χ3v) is 3.85. The fourth-order valence-corrected chi connectivity index (χ4v) is 2.43. The van der Waals surface area contributed by atoms with Crippen molar-refractivity contribution in [3.8, 4) is 5.75 Å². The highest BCUT2D eigenvalue weighted by molar-refractivity contribution is 6.31. The van der Waals surface area contributed by atoms with Crippen LogP contribution in [0.15, 0.2) is 42.5 Å². The first-order chi connectivity index (χ1) is 10.1. The van der Waals surface area contributed by atoms with Crippen LogP contribution in [0, 0.1) is 5.82 Å². The average Bonchev–Trinajstić information content (AvgIpc) is 3.26. The molecule has 0 spiro atoms. The lowest BCUT2D eigenvalue weighted by Gasteiger charge is -2.14. The minimum absolute atomic E-state index is 0.323. The van der Waals surface area contributed by atoms with E-state index in [-0.39, 0.29) is 5.82 Å². The molecule has 1 N–H and O–H groups in total. The number of hydrogen-bond donors (Lipinski definition) is 1. The fraction of sp³-hybridized carbons (Fsp3) is 0.294. The normalized spacial score (nSPS) is 15.8. The van der Waals surface area contributed by atoms with Gasteiger partial charge in [0.15, 0.2) is 0 Å². The molecule has 0 aromatic heterocycles. The van der Waals surface area contributed by atoms with Crippen molar-refractivity contribution in [1.82, 2.24) is 0 Å². The van der Waals surface area contributed by atoms with E-state index in [1.54, 1.807) is 6.07 Å². The van der Waals surface area contributed by atoms with E-state index in [1.165, 1.54) is 12.1 Å². The van der Waals surface area contributed by atoms with Crippen LogP contribution >= 0.6 is 11.6 Å². The van der Waals surface area contributed by atoms with Gasteiger partial charge in [-0.15, -0.1) is 0 Å². The van der Waals surface area contributed by atoms with Crippen LogP contribution in [0.25, 0.3) is 0 Å². The van der Waals surface area contributed by atoms with Gasteiger partial charge in [-0.05, 0) is 48.2 Å². The molecule has 0 aliphatic heterocycles. The lowest BCUT2D eigenvalue weighted by atomic mass is 10.0. The van der Waals surface area contributed by atoms with E-state index < -0.39 is 6.10 Å². The molecule has 2 aromatic carbocycles. The summed E-state index contributed by atoms with van der Waals surface area (Å²) in [5.41, 5.74) is 1.49. The van der Waals surface area contributed by atoms with E-state index >= 15 is 0 Å². The Morgan fingerprint density at radius 1 is 1.24 bits per heavy atom. The van der Waals surface area contributed by atoms with Gasteiger partial charge >= 0.3 is 0 Å². The van der Waals surface area contributed by atoms with E-state index in [0.29, 0.717) is 17.5 Å². The number of halogens is 2. The Hall–Kier alpha value is -1.58. The average molecular weight is 307 g/mol. The minimum atomic E-state index is -0.698. The first-order valence-corrected chi connectivity index (χ1v) is 7.38. The third-order valence-electron chi connectivity index (χ3n) is 3.50. The Balaban J connectivity index is 1.73. The highest BCUT2D eigenvalue weighted by Crippen LogP contribution is 2.30. The summed E-state index contributed by atoms with van der Waals surface area (Å²) in [6.45, 7) is 0. The lowest BCUT2D eigenvalue weighted by Crippen LogP contribution is -2.04. The maximum absolute atomic E-state index is 13.0. The molecule has 0 radical (unpaired) electrons. The van der Waals surface area contributed by atoms with Crippen molar-refractivity contribution in [2.75, 3.05) is 0 Å². The summed E-state index contributed by atoms with van der Waals surface area (Å²) < 4.78 is 18.7. The summed E-state index contributed by atoms with van der Waals surface area (Å²) in [5.74, 6) is 0.400. The number of rotatable bonds is 5. The molecule has 0 bridgehead atoms. The van der Waals surface area contributed by atoms with Gasteiger partial charge in [0, 0.05) is 11.4 Å². The molecule has 0 heterocycles. The second-order valence-electron chi connectivity index (χ2n) is 5.35. The molecular formula is C17H16ClFO2. The molecule has 110 valence electrons. The summed E-state index contributed by atoms with van der Waals surface area (Å²) in [5, 5.41) is 10.7. The fourth-order valence-electron chi connectivity index (χ4n) is 2.19. The van der Waals surface area contributed by atoms with Crippen molar-refractivity contribution in [2.45, 2.75) is 31.5 Å². The number of aliphatic hydroxyl groups is 1. The maximum atomic E-state index is 13.0. The highest BCUT2D eigenvalue weighted by Gasteiger charge is 2.23. The van der Waals surface area contributed by atoms with Gasteiger partial charge in [-0.2, -0.15) is 0 Å². The van der Waals surface area contributed by atoms with Gasteiger partial charge in [-0.1, -0.05) is 29.8 Å². The zero-order valence-corrected chi connectivity index (χ0v) is 12.2. The van der Waals surface area contributed by atoms with Gasteiger partial charge in [0.05, 0.1) is 12.2 Å². The molecule has 1 atom stereocenters. The van der Waals surface area contributed by atoms with E-state index in [9.17, 15) is 9.50 Å². The van der Waals surface area contributed by atoms with Crippen molar-refractivity contribution in [2.24, 2.45) is 0 Å². The summed E-state index contributed by atoms with van der Waals surface area (Å²) in [7, 11) is 0. The second-order valence-corrected chi connectivity index (χ2v) is 5.75. The Bertz CT molecular complexity index is 640. The standard InChI is InChI=1S/C17H16ClFO2/c18-16-10-13(19)5-4-11(16)9-17(20)12-2-1-3-15(8-12)21-14-6-7-14/h1-5,8,10,14,17,20H,6-7,9H2. The van der Waals surface area contributed by atoms with Gasteiger partial charge in [0.25, 0.3) is 0 Å². The Kier molecular flexibility index (Phi) is 4.13. The lowest BCUT2D eigenvalue weighted by molar-refractivity contribution is 0.177. The molecule has 0 saturated heterocycles. The van der Waals surface area contributed by atoms with Crippen molar-refractivity contribution in [3.05, 3.63) is 64.4 Å². The summed E-state index contributed by atoms with van der Waals surface area (Å²) >= 11 is 5.99. The first kappa shape index (κ1) is 14.4. The molecule has 1 aliphatic carbocycles. The zero-order valence-electron chi connectivity index (χ0n) is 11.4. The van der Waals surface area contributed by atoms with Gasteiger partial charge in [0.2, 0.25) is 0 Å². The molecule has 1 aliphatic rings. The zero-order chi connectivity index (χ0) is 14.8. The Morgan fingerprint density at radius 2 is 2.05 bits per heavy atom. The third kappa shape index (κ3) is 3.74. The highest BCUT2D eigenvalue weighted by atomic mass is 35.5. The van der Waals surface area contributed by atoms with Crippen molar-refractivity contribution >= 4 is 11.6 Å². The van der Waals surface area contributed by atoms with Gasteiger partial charge in [0.1, 0.15) is 11.6 Å². The summed E-state index contributed by atoms with van der Waals surface area (Å²) in [6, 6.07) is 11.7. The van der Waals surface area contributed by atoms with Crippen LogP contribution in [0.3, 0.4) is 0 Å². The van der Waals surface area contributed by atoms with Gasteiger partial charge in [-0.3, -0.25) is 0 Å². The van der Waals surface area contributed by atoms with Crippen LogP contribution in [0.5, 0.6) is 5.75 Å². The van der Waals surface area contributed by atoms with Crippen molar-refractivity contribution in [1.29, 1.82) is 0 Å². The van der Waals surface area contributed by atoms with Gasteiger partial charge < -0.3 is 9.84 Å². The van der Waals surface area contributed by atoms with E-state index in [4.69, 9.17) is 16.3 Å². The van der Waals surface area contributed by atoms with Crippen LogP contribution in [0.1, 0.15) is 30.1 Å². The SMILES string of the molecule is OC(Cc1ccc(F)cc1Cl)c1cccc(OC2CC2)c1. The molecule has 4 heteroatoms. The predicted molar refractivity (Wildman–Crippen MR) is 80.2 cm³/mol. The van der Waals surface area contributed by atoms with E-state index in [1.807, 2.05) is 24.3 Å². The largest absolute Gasteiger partial charge is 0.490 e. The molecule has 3 rings (SSSR count). The number of hydrogen-bond acceptors (Lipinski definition) is 2. The molecule has 2 aromatic rings. The smallest absolute Gasteiger partial charge is 0.124 e. The van der Waals surface area contributed by atoms with Crippen LogP contribution in [0.4, 0.5) is 4.39 Å². The first-order valence-electron chi connectivity index (χ1n) is 7.00. The van der Waals surface area contributed by atoms with Crippen molar-refractivity contribution in [3.63, 3.8) is 0 Å². The molecule has 21 heavy (non-hydrogen) atoms. The molecular weight excluding hydrogens is 291 g/mol. The topological polar surface area (TPSA) is 29.5 Å². The van der Waals surface area contributed by atoms with E-state index in [2.05, 4.69) is 0 Å². The molecule has 2 nitrogen and oxygen atoms in total. The van der Waals surface area contributed by atoms with E-state index in [0.717, 1.165) is 29.7 Å². The van der Waals surface area contributed by atoms with Crippen LogP contribution in [-0.2, 0) is 6.42 Å². The second kappa shape index (κ2) is 6.04. The minimum Gasteiger partial charge on any atom is -0.490 e. The molecule has 0 amide bonds. The maximum Gasteiger partial charge on any atom is 0.124 e. The predicted octanol–water partition coefficient (Wildman–Crippen LogP) is 4.30. The molecule has 1 saturated carbocycles. The number of aliphatic hydroxyl groups excluding tert-OH is 1.